The van der Waals surface area contributed by atoms with Crippen LogP contribution in [0.15, 0.2) is 48.8 Å². The minimum atomic E-state index is -0.801. The van der Waals surface area contributed by atoms with Gasteiger partial charge in [0.25, 0.3) is 0 Å². The number of aromatic nitrogens is 1. The van der Waals surface area contributed by atoms with Crippen molar-refractivity contribution < 1.29 is 9.84 Å². The van der Waals surface area contributed by atoms with E-state index in [0.717, 1.165) is 17.7 Å². The van der Waals surface area contributed by atoms with E-state index >= 15 is 0 Å². The van der Waals surface area contributed by atoms with Crippen LogP contribution < -0.4 is 0 Å². The summed E-state index contributed by atoms with van der Waals surface area (Å²) in [6.07, 6.45) is 5.02. The SMILES string of the molecule is Cc1ccncc1C1(O)CC2COCC(C1)N2Cc1ccccc1. The quantitative estimate of drug-likeness (QED) is 0.943. The maximum absolute atomic E-state index is 11.4. The molecule has 4 nitrogen and oxygen atoms in total. The standard InChI is InChI=1S/C20H24N2O2/c1-15-7-8-21-11-19(15)20(23)9-17-13-24-14-18(10-20)22(17)12-16-5-3-2-4-6-16/h2-8,11,17-18,23H,9-10,12-14H2,1H3. The number of nitrogens with zero attached hydrogens (tertiary/aromatic N) is 2. The maximum Gasteiger partial charge on any atom is 0.0945 e. The molecule has 0 aliphatic carbocycles. The van der Waals surface area contributed by atoms with Gasteiger partial charge in [0.1, 0.15) is 0 Å². The van der Waals surface area contributed by atoms with Gasteiger partial charge >= 0.3 is 0 Å². The molecule has 2 aromatic rings. The summed E-state index contributed by atoms with van der Waals surface area (Å²) < 4.78 is 5.80. The van der Waals surface area contributed by atoms with Crippen LogP contribution in [0.3, 0.4) is 0 Å². The fourth-order valence-corrected chi connectivity index (χ4v) is 4.27. The highest BCUT2D eigenvalue weighted by Gasteiger charge is 2.47. The normalized spacial score (nSPS) is 30.2. The van der Waals surface area contributed by atoms with E-state index in [4.69, 9.17) is 4.74 Å². The molecular formula is C20H24N2O2. The molecule has 126 valence electrons. The molecule has 1 N–H and O–H groups in total. The molecule has 0 spiro atoms. The Bertz CT molecular complexity index is 690. The van der Waals surface area contributed by atoms with Crippen LogP contribution in [0, 0.1) is 6.92 Å². The Labute approximate surface area is 143 Å². The van der Waals surface area contributed by atoms with Gasteiger partial charge in [-0.05, 0) is 37.0 Å². The number of ether oxygens (including phenoxy) is 1. The van der Waals surface area contributed by atoms with Crippen molar-refractivity contribution in [3.63, 3.8) is 0 Å². The van der Waals surface area contributed by atoms with E-state index in [1.807, 2.05) is 18.3 Å². The van der Waals surface area contributed by atoms with Crippen LogP contribution in [0.1, 0.15) is 29.5 Å². The van der Waals surface area contributed by atoms with Crippen molar-refractivity contribution in [2.24, 2.45) is 0 Å². The summed E-state index contributed by atoms with van der Waals surface area (Å²) in [5.74, 6) is 0. The molecule has 1 aromatic carbocycles. The highest BCUT2D eigenvalue weighted by Crippen LogP contribution is 2.42. The molecule has 2 atom stereocenters. The summed E-state index contributed by atoms with van der Waals surface area (Å²) in [7, 11) is 0. The molecule has 2 fully saturated rings. The lowest BCUT2D eigenvalue weighted by Crippen LogP contribution is -2.60. The molecule has 2 aliphatic rings. The summed E-state index contributed by atoms with van der Waals surface area (Å²) in [5.41, 5.74) is 2.60. The van der Waals surface area contributed by atoms with Crippen molar-refractivity contribution in [3.05, 3.63) is 65.5 Å². The molecule has 24 heavy (non-hydrogen) atoms. The first kappa shape index (κ1) is 15.8. The van der Waals surface area contributed by atoms with Crippen molar-refractivity contribution in [3.8, 4) is 0 Å². The molecule has 3 heterocycles. The fraction of sp³-hybridized carbons (Fsp3) is 0.450. The predicted octanol–water partition coefficient (Wildman–Crippen LogP) is 2.64. The number of aliphatic hydroxyl groups is 1. The molecule has 4 heteroatoms. The average Bonchev–Trinajstić information content (AvgIpc) is 2.57. The van der Waals surface area contributed by atoms with Crippen LogP contribution in [0.2, 0.25) is 0 Å². The first-order chi connectivity index (χ1) is 11.7. The van der Waals surface area contributed by atoms with Crippen molar-refractivity contribution >= 4 is 0 Å². The number of hydrogen-bond donors (Lipinski definition) is 1. The van der Waals surface area contributed by atoms with E-state index in [9.17, 15) is 5.11 Å². The number of fused-ring (bicyclic) bond motifs is 2. The van der Waals surface area contributed by atoms with Gasteiger partial charge < -0.3 is 9.84 Å². The van der Waals surface area contributed by atoms with Gasteiger partial charge in [-0.3, -0.25) is 9.88 Å². The zero-order chi connectivity index (χ0) is 16.6. The Morgan fingerprint density at radius 3 is 2.54 bits per heavy atom. The fourth-order valence-electron chi connectivity index (χ4n) is 4.27. The Kier molecular flexibility index (Phi) is 4.12. The third-order valence-electron chi connectivity index (χ3n) is 5.45. The molecule has 0 radical (unpaired) electrons. The topological polar surface area (TPSA) is 45.6 Å². The second-order valence-corrected chi connectivity index (χ2v) is 7.13. The first-order valence-corrected chi connectivity index (χ1v) is 8.67. The second kappa shape index (κ2) is 6.28. The van der Waals surface area contributed by atoms with Gasteiger partial charge in [0.15, 0.2) is 0 Å². The molecule has 0 saturated carbocycles. The summed E-state index contributed by atoms with van der Waals surface area (Å²) in [5, 5.41) is 11.4. The summed E-state index contributed by atoms with van der Waals surface area (Å²) in [6, 6.07) is 13.0. The van der Waals surface area contributed by atoms with Crippen molar-refractivity contribution in [1.82, 2.24) is 9.88 Å². The number of pyridine rings is 1. The van der Waals surface area contributed by atoms with Gasteiger partial charge in [-0.2, -0.15) is 0 Å². The van der Waals surface area contributed by atoms with Gasteiger partial charge in [0.05, 0.1) is 18.8 Å². The van der Waals surface area contributed by atoms with Crippen molar-refractivity contribution in [1.29, 1.82) is 0 Å². The molecule has 2 saturated heterocycles. The molecule has 0 amide bonds. The van der Waals surface area contributed by atoms with E-state index < -0.39 is 5.60 Å². The second-order valence-electron chi connectivity index (χ2n) is 7.13. The van der Waals surface area contributed by atoms with Gasteiger partial charge in [-0.1, -0.05) is 30.3 Å². The minimum absolute atomic E-state index is 0.238. The Morgan fingerprint density at radius 2 is 1.88 bits per heavy atom. The molecular weight excluding hydrogens is 300 g/mol. The van der Waals surface area contributed by atoms with E-state index in [2.05, 4.69) is 41.1 Å². The summed E-state index contributed by atoms with van der Waals surface area (Å²) >= 11 is 0. The van der Waals surface area contributed by atoms with Gasteiger partial charge in [-0.15, -0.1) is 0 Å². The smallest absolute Gasteiger partial charge is 0.0945 e. The average molecular weight is 324 g/mol. The monoisotopic (exact) mass is 324 g/mol. The van der Waals surface area contributed by atoms with E-state index in [0.29, 0.717) is 26.1 Å². The number of benzene rings is 1. The zero-order valence-corrected chi connectivity index (χ0v) is 14.1. The van der Waals surface area contributed by atoms with Crippen LogP contribution in [0.5, 0.6) is 0 Å². The summed E-state index contributed by atoms with van der Waals surface area (Å²) in [4.78, 5) is 6.75. The number of piperidine rings is 1. The lowest BCUT2D eigenvalue weighted by atomic mass is 9.76. The Hall–Kier alpha value is -1.75. The van der Waals surface area contributed by atoms with Gasteiger partial charge in [0, 0.05) is 36.6 Å². The number of hydrogen-bond acceptors (Lipinski definition) is 4. The maximum atomic E-state index is 11.4. The predicted molar refractivity (Wildman–Crippen MR) is 92.5 cm³/mol. The highest BCUT2D eigenvalue weighted by atomic mass is 16.5. The van der Waals surface area contributed by atoms with E-state index in [-0.39, 0.29) is 12.1 Å². The Balaban J connectivity index is 1.60. The molecule has 1 aromatic heterocycles. The third-order valence-corrected chi connectivity index (χ3v) is 5.45. The lowest BCUT2D eigenvalue weighted by molar-refractivity contribution is -0.149. The van der Waals surface area contributed by atoms with E-state index in [1.165, 1.54) is 5.56 Å². The van der Waals surface area contributed by atoms with E-state index in [1.54, 1.807) is 6.20 Å². The molecule has 2 aliphatic heterocycles. The highest BCUT2D eigenvalue weighted by molar-refractivity contribution is 5.30. The minimum Gasteiger partial charge on any atom is -0.385 e. The lowest BCUT2D eigenvalue weighted by Gasteiger charge is -2.52. The van der Waals surface area contributed by atoms with Crippen LogP contribution in [-0.4, -0.2) is 40.3 Å². The molecule has 2 bridgehead atoms. The number of aryl methyl sites for hydroxylation is 1. The van der Waals surface area contributed by atoms with Crippen LogP contribution in [0.4, 0.5) is 0 Å². The van der Waals surface area contributed by atoms with Gasteiger partial charge in [0.2, 0.25) is 0 Å². The van der Waals surface area contributed by atoms with Crippen LogP contribution in [0.25, 0.3) is 0 Å². The first-order valence-electron chi connectivity index (χ1n) is 8.67. The number of morpholine rings is 1. The molecule has 2 unspecified atom stereocenters. The Morgan fingerprint density at radius 1 is 1.17 bits per heavy atom. The summed E-state index contributed by atoms with van der Waals surface area (Å²) in [6.45, 7) is 4.34. The number of rotatable bonds is 3. The third kappa shape index (κ3) is 2.86. The van der Waals surface area contributed by atoms with Crippen molar-refractivity contribution in [2.75, 3.05) is 13.2 Å². The van der Waals surface area contributed by atoms with Crippen LogP contribution >= 0.6 is 0 Å². The van der Waals surface area contributed by atoms with Gasteiger partial charge in [-0.25, -0.2) is 0 Å². The van der Waals surface area contributed by atoms with Crippen molar-refractivity contribution in [2.45, 2.75) is 44.0 Å². The van der Waals surface area contributed by atoms with Crippen LogP contribution in [-0.2, 0) is 16.9 Å². The largest absolute Gasteiger partial charge is 0.385 e. The zero-order valence-electron chi connectivity index (χ0n) is 14.1. The molecule has 4 rings (SSSR count).